The molecule has 1 aliphatic rings. The number of carboxylic acids is 1. The highest BCUT2D eigenvalue weighted by Crippen LogP contribution is 2.23. The van der Waals surface area contributed by atoms with Crippen molar-refractivity contribution in [1.82, 2.24) is 9.80 Å². The lowest BCUT2D eigenvalue weighted by Gasteiger charge is -2.36. The summed E-state index contributed by atoms with van der Waals surface area (Å²) in [5.41, 5.74) is 0.822. The van der Waals surface area contributed by atoms with Crippen LogP contribution < -0.4 is 0 Å². The van der Waals surface area contributed by atoms with Crippen LogP contribution in [0, 0.1) is 0 Å². The van der Waals surface area contributed by atoms with E-state index in [1.54, 1.807) is 18.2 Å². The molecular weight excluding hydrogens is 299 g/mol. The lowest BCUT2D eigenvalue weighted by atomic mass is 10.0. The molecule has 0 unspecified atom stereocenters. The predicted octanol–water partition coefficient (Wildman–Crippen LogP) is 2.24. The molecule has 1 aromatic carbocycles. The number of halogens is 2. The predicted molar refractivity (Wildman–Crippen MR) is 80.7 cm³/mol. The first kappa shape index (κ1) is 15.6. The number of aliphatic carboxylic acids is 1. The number of hydrogen-bond donors (Lipinski definition) is 1. The van der Waals surface area contributed by atoms with Crippen molar-refractivity contribution in [3.63, 3.8) is 0 Å². The Balaban J connectivity index is 2.11. The first-order valence-corrected chi connectivity index (χ1v) is 7.32. The number of rotatable bonds is 4. The van der Waals surface area contributed by atoms with Crippen LogP contribution in [0.5, 0.6) is 0 Å². The maximum atomic E-state index is 11.5. The fraction of sp³-hybridized carbons (Fsp3) is 0.500. The van der Waals surface area contributed by atoms with Crippen LogP contribution in [0.3, 0.4) is 0 Å². The van der Waals surface area contributed by atoms with E-state index in [2.05, 4.69) is 4.90 Å². The second kappa shape index (κ2) is 6.76. The molecule has 1 fully saturated rings. The SMILES string of the molecule is CN1CCN([C@@H](Cc2ccc(Cl)cc2Cl)C(=O)O)CC1. The van der Waals surface area contributed by atoms with E-state index in [9.17, 15) is 9.90 Å². The fourth-order valence-corrected chi connectivity index (χ4v) is 2.89. The van der Waals surface area contributed by atoms with E-state index in [4.69, 9.17) is 23.2 Å². The Kier molecular flexibility index (Phi) is 5.27. The summed E-state index contributed by atoms with van der Waals surface area (Å²) in [6.07, 6.45) is 0.398. The van der Waals surface area contributed by atoms with Crippen LogP contribution in [-0.2, 0) is 11.2 Å². The van der Waals surface area contributed by atoms with Crippen LogP contribution in [0.2, 0.25) is 10.0 Å². The summed E-state index contributed by atoms with van der Waals surface area (Å²) < 4.78 is 0. The molecule has 0 radical (unpaired) electrons. The molecule has 1 saturated heterocycles. The maximum absolute atomic E-state index is 11.5. The van der Waals surface area contributed by atoms with Crippen molar-refractivity contribution in [3.8, 4) is 0 Å². The van der Waals surface area contributed by atoms with E-state index < -0.39 is 12.0 Å². The van der Waals surface area contributed by atoms with Gasteiger partial charge >= 0.3 is 5.97 Å². The van der Waals surface area contributed by atoms with Gasteiger partial charge in [0.1, 0.15) is 6.04 Å². The molecule has 0 aliphatic carbocycles. The Morgan fingerprint density at radius 3 is 2.50 bits per heavy atom. The molecule has 2 rings (SSSR count). The second-order valence-electron chi connectivity index (χ2n) is 5.13. The molecule has 0 bridgehead atoms. The molecule has 0 saturated carbocycles. The molecule has 110 valence electrons. The zero-order valence-corrected chi connectivity index (χ0v) is 12.9. The summed E-state index contributed by atoms with van der Waals surface area (Å²) in [7, 11) is 2.04. The first-order valence-electron chi connectivity index (χ1n) is 6.56. The molecule has 0 aromatic heterocycles. The van der Waals surface area contributed by atoms with E-state index in [1.807, 2.05) is 11.9 Å². The molecule has 1 heterocycles. The number of benzene rings is 1. The highest BCUT2D eigenvalue weighted by Gasteiger charge is 2.28. The van der Waals surface area contributed by atoms with E-state index in [1.165, 1.54) is 0 Å². The standard InChI is InChI=1S/C14H18Cl2N2O2/c1-17-4-6-18(7-5-17)13(14(19)20)8-10-2-3-11(15)9-12(10)16/h2-3,9,13H,4-8H2,1H3,(H,19,20)/t13-/m0/s1. The quantitative estimate of drug-likeness (QED) is 0.925. The minimum Gasteiger partial charge on any atom is -0.480 e. The summed E-state index contributed by atoms with van der Waals surface area (Å²) in [6.45, 7) is 3.30. The monoisotopic (exact) mass is 316 g/mol. The van der Waals surface area contributed by atoms with Crippen molar-refractivity contribution >= 4 is 29.2 Å². The van der Waals surface area contributed by atoms with Crippen LogP contribution in [-0.4, -0.2) is 60.1 Å². The summed E-state index contributed by atoms with van der Waals surface area (Å²) in [6, 6.07) is 4.66. The molecule has 6 heteroatoms. The highest BCUT2D eigenvalue weighted by molar-refractivity contribution is 6.35. The molecule has 1 aliphatic heterocycles. The Morgan fingerprint density at radius 1 is 1.30 bits per heavy atom. The number of hydrogen-bond acceptors (Lipinski definition) is 3. The van der Waals surface area contributed by atoms with Crippen molar-refractivity contribution in [3.05, 3.63) is 33.8 Å². The van der Waals surface area contributed by atoms with Gasteiger partial charge in [-0.25, -0.2) is 0 Å². The van der Waals surface area contributed by atoms with Gasteiger partial charge in [-0.2, -0.15) is 0 Å². The third-order valence-corrected chi connectivity index (χ3v) is 4.28. The van der Waals surface area contributed by atoms with Gasteiger partial charge in [0.25, 0.3) is 0 Å². The van der Waals surface area contributed by atoms with Gasteiger partial charge < -0.3 is 10.0 Å². The average Bonchev–Trinajstić information content (AvgIpc) is 2.39. The van der Waals surface area contributed by atoms with Gasteiger partial charge in [0.15, 0.2) is 0 Å². The van der Waals surface area contributed by atoms with E-state index in [0.717, 1.165) is 31.7 Å². The summed E-state index contributed by atoms with van der Waals surface area (Å²) >= 11 is 12.0. The van der Waals surface area contributed by atoms with Crippen molar-refractivity contribution in [2.45, 2.75) is 12.5 Å². The summed E-state index contributed by atoms with van der Waals surface area (Å²) in [4.78, 5) is 15.7. The lowest BCUT2D eigenvalue weighted by molar-refractivity contribution is -0.144. The molecule has 1 N–H and O–H groups in total. The minimum atomic E-state index is -0.805. The minimum absolute atomic E-state index is 0.398. The third kappa shape index (κ3) is 3.85. The highest BCUT2D eigenvalue weighted by atomic mass is 35.5. The van der Waals surface area contributed by atoms with E-state index >= 15 is 0 Å². The van der Waals surface area contributed by atoms with Gasteiger partial charge in [-0.1, -0.05) is 29.3 Å². The van der Waals surface area contributed by atoms with Crippen LogP contribution in [0.25, 0.3) is 0 Å². The Bertz CT molecular complexity index is 488. The third-order valence-electron chi connectivity index (χ3n) is 3.69. The average molecular weight is 317 g/mol. The molecule has 0 spiro atoms. The van der Waals surface area contributed by atoms with Crippen molar-refractivity contribution in [2.24, 2.45) is 0 Å². The molecule has 1 aromatic rings. The van der Waals surface area contributed by atoms with Gasteiger partial charge in [0, 0.05) is 42.6 Å². The molecule has 0 amide bonds. The Labute approximate surface area is 128 Å². The number of piperazine rings is 1. The lowest BCUT2D eigenvalue weighted by Crippen LogP contribution is -2.52. The Morgan fingerprint density at radius 2 is 1.95 bits per heavy atom. The van der Waals surface area contributed by atoms with Gasteiger partial charge in [-0.05, 0) is 24.7 Å². The van der Waals surface area contributed by atoms with Crippen LogP contribution in [0.1, 0.15) is 5.56 Å². The van der Waals surface area contributed by atoms with Gasteiger partial charge in [-0.3, -0.25) is 9.69 Å². The van der Waals surface area contributed by atoms with Gasteiger partial charge in [-0.15, -0.1) is 0 Å². The number of carbonyl (C=O) groups is 1. The smallest absolute Gasteiger partial charge is 0.321 e. The zero-order chi connectivity index (χ0) is 14.7. The molecule has 20 heavy (non-hydrogen) atoms. The second-order valence-corrected chi connectivity index (χ2v) is 5.98. The van der Waals surface area contributed by atoms with Gasteiger partial charge in [0.2, 0.25) is 0 Å². The topological polar surface area (TPSA) is 43.8 Å². The molecule has 4 nitrogen and oxygen atoms in total. The Hall–Kier alpha value is -0.810. The van der Waals surface area contributed by atoms with Crippen LogP contribution in [0.4, 0.5) is 0 Å². The first-order chi connectivity index (χ1) is 9.47. The molecular formula is C14H18Cl2N2O2. The largest absolute Gasteiger partial charge is 0.480 e. The molecule has 1 atom stereocenters. The number of likely N-dealkylation sites (N-methyl/N-ethyl adjacent to an activating group) is 1. The summed E-state index contributed by atoms with van der Waals surface area (Å²) in [5, 5.41) is 10.6. The maximum Gasteiger partial charge on any atom is 0.321 e. The van der Waals surface area contributed by atoms with Crippen LogP contribution in [0.15, 0.2) is 18.2 Å². The van der Waals surface area contributed by atoms with Gasteiger partial charge in [0.05, 0.1) is 0 Å². The van der Waals surface area contributed by atoms with Crippen molar-refractivity contribution in [2.75, 3.05) is 33.2 Å². The van der Waals surface area contributed by atoms with Crippen molar-refractivity contribution in [1.29, 1.82) is 0 Å². The normalized spacial score (nSPS) is 18.9. The summed E-state index contributed by atoms with van der Waals surface area (Å²) in [5.74, 6) is -0.805. The van der Waals surface area contributed by atoms with Crippen molar-refractivity contribution < 1.29 is 9.90 Å². The van der Waals surface area contributed by atoms with Crippen LogP contribution >= 0.6 is 23.2 Å². The fourth-order valence-electron chi connectivity index (χ4n) is 2.40. The van der Waals surface area contributed by atoms with E-state index in [0.29, 0.717) is 16.5 Å². The number of nitrogens with zero attached hydrogens (tertiary/aromatic N) is 2. The zero-order valence-electron chi connectivity index (χ0n) is 11.4. The van der Waals surface area contributed by atoms with E-state index in [-0.39, 0.29) is 0 Å². The number of carboxylic acid groups (broad SMARTS) is 1.